The number of hydrogen-bond acceptors (Lipinski definition) is 5. The van der Waals surface area contributed by atoms with Crippen LogP contribution < -0.4 is 10.2 Å². The Hall–Kier alpha value is -2.60. The first-order chi connectivity index (χ1) is 11.2. The Bertz CT molecular complexity index is 881. The van der Waals surface area contributed by atoms with E-state index in [4.69, 9.17) is 4.74 Å². The van der Waals surface area contributed by atoms with Crippen molar-refractivity contribution < 1.29 is 9.84 Å². The molecule has 0 radical (unpaired) electrons. The first kappa shape index (κ1) is 15.3. The summed E-state index contributed by atoms with van der Waals surface area (Å²) in [7, 11) is 1.50. The molecule has 0 aliphatic carbocycles. The number of anilines is 1. The SMILES string of the molecule is COc1cc(C=NNc2ccc3ccccc3n2)cc(Br)c1O. The maximum Gasteiger partial charge on any atom is 0.172 e. The summed E-state index contributed by atoms with van der Waals surface area (Å²) in [4.78, 5) is 4.47. The van der Waals surface area contributed by atoms with Gasteiger partial charge >= 0.3 is 0 Å². The number of fused-ring (bicyclic) bond motifs is 1. The molecule has 0 aliphatic heterocycles. The van der Waals surface area contributed by atoms with E-state index in [2.05, 4.69) is 31.4 Å². The van der Waals surface area contributed by atoms with Crippen LogP contribution in [0.4, 0.5) is 5.82 Å². The second-order valence-corrected chi connectivity index (χ2v) is 5.67. The number of aromatic nitrogens is 1. The summed E-state index contributed by atoms with van der Waals surface area (Å²) < 4.78 is 5.65. The van der Waals surface area contributed by atoms with Gasteiger partial charge in [-0.2, -0.15) is 5.10 Å². The topological polar surface area (TPSA) is 66.7 Å². The summed E-state index contributed by atoms with van der Waals surface area (Å²) in [5.74, 6) is 1.10. The van der Waals surface area contributed by atoms with E-state index in [0.29, 0.717) is 16.0 Å². The predicted octanol–water partition coefficient (Wildman–Crippen LogP) is 4.16. The van der Waals surface area contributed by atoms with E-state index >= 15 is 0 Å². The molecule has 0 saturated carbocycles. The van der Waals surface area contributed by atoms with Crippen molar-refractivity contribution in [2.75, 3.05) is 12.5 Å². The van der Waals surface area contributed by atoms with E-state index in [1.54, 1.807) is 18.3 Å². The van der Waals surface area contributed by atoms with E-state index < -0.39 is 0 Å². The van der Waals surface area contributed by atoms with Gasteiger partial charge in [-0.05, 0) is 51.8 Å². The van der Waals surface area contributed by atoms with Crippen LogP contribution in [-0.4, -0.2) is 23.4 Å². The molecule has 23 heavy (non-hydrogen) atoms. The van der Waals surface area contributed by atoms with Crippen LogP contribution >= 0.6 is 15.9 Å². The fraction of sp³-hybridized carbons (Fsp3) is 0.0588. The minimum atomic E-state index is 0.0637. The largest absolute Gasteiger partial charge is 0.503 e. The normalized spacial score (nSPS) is 11.0. The van der Waals surface area contributed by atoms with Crippen molar-refractivity contribution in [2.24, 2.45) is 5.10 Å². The van der Waals surface area contributed by atoms with E-state index in [1.165, 1.54) is 7.11 Å². The van der Waals surface area contributed by atoms with Crippen molar-refractivity contribution in [3.63, 3.8) is 0 Å². The van der Waals surface area contributed by atoms with E-state index in [-0.39, 0.29) is 5.75 Å². The molecule has 1 aromatic heterocycles. The smallest absolute Gasteiger partial charge is 0.172 e. The molecule has 0 amide bonds. The number of nitrogens with one attached hydrogen (secondary N) is 1. The highest BCUT2D eigenvalue weighted by atomic mass is 79.9. The van der Waals surface area contributed by atoms with Gasteiger partial charge in [-0.15, -0.1) is 0 Å². The molecule has 116 valence electrons. The van der Waals surface area contributed by atoms with Crippen molar-refractivity contribution in [3.05, 3.63) is 58.6 Å². The summed E-state index contributed by atoms with van der Waals surface area (Å²) in [5.41, 5.74) is 4.58. The van der Waals surface area contributed by atoms with Gasteiger partial charge in [-0.3, -0.25) is 5.43 Å². The van der Waals surface area contributed by atoms with Crippen LogP contribution in [0.3, 0.4) is 0 Å². The fourth-order valence-corrected chi connectivity index (χ4v) is 2.58. The number of phenols is 1. The minimum Gasteiger partial charge on any atom is -0.503 e. The molecule has 0 saturated heterocycles. The quantitative estimate of drug-likeness (QED) is 0.533. The van der Waals surface area contributed by atoms with E-state index in [1.807, 2.05) is 36.4 Å². The number of hydrogen-bond donors (Lipinski definition) is 2. The van der Waals surface area contributed by atoms with Gasteiger partial charge in [0, 0.05) is 5.39 Å². The summed E-state index contributed by atoms with van der Waals surface area (Å²) in [6, 6.07) is 15.2. The Morgan fingerprint density at radius 2 is 2.04 bits per heavy atom. The molecule has 0 bridgehead atoms. The Labute approximate surface area is 141 Å². The summed E-state index contributed by atoms with van der Waals surface area (Å²) in [6.45, 7) is 0. The molecule has 5 nitrogen and oxygen atoms in total. The second-order valence-electron chi connectivity index (χ2n) is 4.81. The van der Waals surface area contributed by atoms with Gasteiger partial charge in [-0.1, -0.05) is 18.2 Å². The van der Waals surface area contributed by atoms with Gasteiger partial charge in [0.25, 0.3) is 0 Å². The van der Waals surface area contributed by atoms with Gasteiger partial charge in [0.2, 0.25) is 0 Å². The third kappa shape index (κ3) is 3.43. The second kappa shape index (κ2) is 6.66. The highest BCUT2D eigenvalue weighted by Crippen LogP contribution is 2.34. The van der Waals surface area contributed by atoms with Gasteiger partial charge in [-0.25, -0.2) is 4.98 Å². The first-order valence-electron chi connectivity index (χ1n) is 6.89. The van der Waals surface area contributed by atoms with Crippen molar-refractivity contribution in [1.29, 1.82) is 0 Å². The molecule has 0 unspecified atom stereocenters. The van der Waals surface area contributed by atoms with Crippen LogP contribution in [0.5, 0.6) is 11.5 Å². The molecule has 2 aromatic carbocycles. The molecular formula is C17H14BrN3O2. The van der Waals surface area contributed by atoms with Crippen LogP contribution in [0, 0.1) is 0 Å². The lowest BCUT2D eigenvalue weighted by Crippen LogP contribution is -1.94. The van der Waals surface area contributed by atoms with Crippen molar-refractivity contribution in [2.45, 2.75) is 0 Å². The number of hydrazone groups is 1. The Morgan fingerprint density at radius 1 is 1.22 bits per heavy atom. The lowest BCUT2D eigenvalue weighted by Gasteiger charge is -2.06. The number of nitrogens with zero attached hydrogens (tertiary/aromatic N) is 2. The standard InChI is InChI=1S/C17H14BrN3O2/c1-23-15-9-11(8-13(18)17(15)22)10-19-21-16-7-6-12-4-2-3-5-14(12)20-16/h2-10,22H,1H3,(H,20,21). The third-order valence-corrected chi connectivity index (χ3v) is 3.87. The van der Waals surface area contributed by atoms with Crippen LogP contribution in [0.2, 0.25) is 0 Å². The van der Waals surface area contributed by atoms with Crippen molar-refractivity contribution >= 4 is 38.9 Å². The van der Waals surface area contributed by atoms with Crippen LogP contribution in [0.15, 0.2) is 58.1 Å². The molecule has 6 heteroatoms. The zero-order valence-electron chi connectivity index (χ0n) is 12.3. The molecule has 0 atom stereocenters. The van der Waals surface area contributed by atoms with E-state index in [0.717, 1.165) is 16.5 Å². The van der Waals surface area contributed by atoms with Gasteiger partial charge in [0.1, 0.15) is 5.82 Å². The zero-order valence-corrected chi connectivity index (χ0v) is 13.9. The molecular weight excluding hydrogens is 358 g/mol. The minimum absolute atomic E-state index is 0.0637. The number of halogens is 1. The van der Waals surface area contributed by atoms with Gasteiger partial charge in [0.05, 0.1) is 23.3 Å². The average Bonchev–Trinajstić information content (AvgIpc) is 2.57. The number of rotatable bonds is 4. The Balaban J connectivity index is 1.79. The molecule has 1 heterocycles. The molecule has 3 aromatic rings. The number of para-hydroxylation sites is 1. The molecule has 2 N–H and O–H groups in total. The highest BCUT2D eigenvalue weighted by molar-refractivity contribution is 9.10. The number of benzene rings is 2. The lowest BCUT2D eigenvalue weighted by molar-refractivity contribution is 0.372. The Morgan fingerprint density at radius 3 is 2.87 bits per heavy atom. The average molecular weight is 372 g/mol. The summed E-state index contributed by atoms with van der Waals surface area (Å²) >= 11 is 3.28. The maximum atomic E-state index is 9.78. The molecule has 0 spiro atoms. The third-order valence-electron chi connectivity index (χ3n) is 3.26. The number of ether oxygens (including phenoxy) is 1. The zero-order chi connectivity index (χ0) is 16.2. The number of pyridine rings is 1. The van der Waals surface area contributed by atoms with Crippen LogP contribution in [0.25, 0.3) is 10.9 Å². The maximum absolute atomic E-state index is 9.78. The van der Waals surface area contributed by atoms with Gasteiger partial charge in [0.15, 0.2) is 11.5 Å². The summed E-state index contributed by atoms with van der Waals surface area (Å²) in [6.07, 6.45) is 1.63. The first-order valence-corrected chi connectivity index (χ1v) is 7.68. The number of aromatic hydroxyl groups is 1. The van der Waals surface area contributed by atoms with Crippen LogP contribution in [-0.2, 0) is 0 Å². The fourth-order valence-electron chi connectivity index (χ4n) is 2.13. The highest BCUT2D eigenvalue weighted by Gasteiger charge is 2.07. The van der Waals surface area contributed by atoms with Crippen molar-refractivity contribution in [1.82, 2.24) is 4.98 Å². The van der Waals surface area contributed by atoms with Crippen LogP contribution in [0.1, 0.15) is 5.56 Å². The molecule has 0 aliphatic rings. The number of phenolic OH excluding ortho intramolecular Hbond substituents is 1. The number of methoxy groups -OCH3 is 1. The summed E-state index contributed by atoms with van der Waals surface area (Å²) in [5, 5.41) is 15.0. The monoisotopic (exact) mass is 371 g/mol. The van der Waals surface area contributed by atoms with Gasteiger partial charge < -0.3 is 9.84 Å². The molecule has 0 fully saturated rings. The lowest BCUT2D eigenvalue weighted by atomic mass is 10.2. The van der Waals surface area contributed by atoms with E-state index in [9.17, 15) is 5.11 Å². The van der Waals surface area contributed by atoms with Crippen molar-refractivity contribution in [3.8, 4) is 11.5 Å². The predicted molar refractivity (Wildman–Crippen MR) is 95.3 cm³/mol. The molecule has 3 rings (SSSR count). The Kier molecular flexibility index (Phi) is 4.43.